The summed E-state index contributed by atoms with van der Waals surface area (Å²) in [5.74, 6) is 0.100. The van der Waals surface area contributed by atoms with E-state index in [4.69, 9.17) is 19.3 Å². The first-order valence-electron chi connectivity index (χ1n) is 5.75. The third kappa shape index (κ3) is 2.81. The van der Waals surface area contributed by atoms with E-state index in [1.165, 1.54) is 7.11 Å². The van der Waals surface area contributed by atoms with Crippen LogP contribution in [0, 0.1) is 5.82 Å². The molecule has 7 heteroatoms. The molecule has 0 aromatic heterocycles. The van der Waals surface area contributed by atoms with Crippen molar-refractivity contribution in [1.82, 2.24) is 5.32 Å². The van der Waals surface area contributed by atoms with Crippen LogP contribution < -0.4 is 19.5 Å². The molecule has 0 saturated heterocycles. The average molecular weight is 271 g/mol. The van der Waals surface area contributed by atoms with E-state index in [1.54, 1.807) is 6.07 Å². The highest BCUT2D eigenvalue weighted by molar-refractivity contribution is 5.64. The molecule has 1 aliphatic rings. The van der Waals surface area contributed by atoms with Crippen molar-refractivity contribution in [2.45, 2.75) is 6.42 Å². The number of hydrogen-bond acceptors (Lipinski definition) is 4. The Balaban J connectivity index is 2.27. The van der Waals surface area contributed by atoms with Gasteiger partial charge in [0.1, 0.15) is 19.0 Å². The molecule has 1 amide bonds. The standard InChI is InChI=1S/C12H14FNO5/c1-17-8-6-9-11(19-5-4-18-9)10(13)7(8)2-3-14-12(15)16/h6,14H,2-5H2,1H3,(H,15,16). The zero-order chi connectivity index (χ0) is 13.8. The van der Waals surface area contributed by atoms with Gasteiger partial charge in [-0.05, 0) is 6.42 Å². The highest BCUT2D eigenvalue weighted by Crippen LogP contribution is 2.40. The summed E-state index contributed by atoms with van der Waals surface area (Å²) in [6.45, 7) is 0.723. The number of hydrogen-bond donors (Lipinski definition) is 2. The summed E-state index contributed by atoms with van der Waals surface area (Å²) in [4.78, 5) is 10.4. The van der Waals surface area contributed by atoms with Crippen molar-refractivity contribution in [3.8, 4) is 17.2 Å². The van der Waals surface area contributed by atoms with Crippen molar-refractivity contribution < 1.29 is 28.5 Å². The molecule has 2 rings (SSSR count). The number of carboxylic acid groups (broad SMARTS) is 1. The largest absolute Gasteiger partial charge is 0.496 e. The number of carbonyl (C=O) groups is 1. The monoisotopic (exact) mass is 271 g/mol. The van der Waals surface area contributed by atoms with E-state index in [-0.39, 0.29) is 30.9 Å². The molecule has 2 N–H and O–H groups in total. The zero-order valence-electron chi connectivity index (χ0n) is 10.4. The van der Waals surface area contributed by atoms with Crippen molar-refractivity contribution in [2.24, 2.45) is 0 Å². The van der Waals surface area contributed by atoms with Crippen molar-refractivity contribution in [2.75, 3.05) is 26.9 Å². The Kier molecular flexibility index (Phi) is 3.94. The van der Waals surface area contributed by atoms with Crippen molar-refractivity contribution in [3.05, 3.63) is 17.4 Å². The van der Waals surface area contributed by atoms with Crippen LogP contribution in [0.1, 0.15) is 5.56 Å². The number of methoxy groups -OCH3 is 1. The highest BCUT2D eigenvalue weighted by atomic mass is 19.1. The van der Waals surface area contributed by atoms with Gasteiger partial charge in [0.05, 0.1) is 7.11 Å². The van der Waals surface area contributed by atoms with Crippen LogP contribution in [0.4, 0.5) is 9.18 Å². The van der Waals surface area contributed by atoms with Crippen LogP contribution in [0.3, 0.4) is 0 Å². The van der Waals surface area contributed by atoms with Crippen LogP contribution >= 0.6 is 0 Å². The summed E-state index contributed by atoms with van der Waals surface area (Å²) in [5.41, 5.74) is 0.264. The molecule has 0 radical (unpaired) electrons. The van der Waals surface area contributed by atoms with Crippen molar-refractivity contribution in [3.63, 3.8) is 0 Å². The van der Waals surface area contributed by atoms with Crippen LogP contribution in [0.15, 0.2) is 6.07 Å². The fourth-order valence-electron chi connectivity index (χ4n) is 1.87. The number of benzene rings is 1. The van der Waals surface area contributed by atoms with Gasteiger partial charge in [-0.2, -0.15) is 0 Å². The van der Waals surface area contributed by atoms with E-state index < -0.39 is 11.9 Å². The molecule has 104 valence electrons. The van der Waals surface area contributed by atoms with Crippen LogP contribution in [-0.2, 0) is 6.42 Å². The molecule has 1 aromatic carbocycles. The van der Waals surface area contributed by atoms with Crippen LogP contribution in [0.25, 0.3) is 0 Å². The number of amides is 1. The van der Waals surface area contributed by atoms with Gasteiger partial charge in [-0.15, -0.1) is 0 Å². The lowest BCUT2D eigenvalue weighted by Crippen LogP contribution is -2.24. The Morgan fingerprint density at radius 3 is 2.95 bits per heavy atom. The normalized spacial score (nSPS) is 12.9. The maximum absolute atomic E-state index is 14.3. The third-order valence-electron chi connectivity index (χ3n) is 2.71. The lowest BCUT2D eigenvalue weighted by atomic mass is 10.1. The molecule has 1 aromatic rings. The fraction of sp³-hybridized carbons (Fsp3) is 0.417. The topological polar surface area (TPSA) is 77.0 Å². The van der Waals surface area contributed by atoms with Crippen molar-refractivity contribution in [1.29, 1.82) is 0 Å². The Bertz CT molecular complexity index is 491. The van der Waals surface area contributed by atoms with Gasteiger partial charge in [-0.25, -0.2) is 9.18 Å². The molecule has 1 aliphatic heterocycles. The number of fused-ring (bicyclic) bond motifs is 1. The smallest absolute Gasteiger partial charge is 0.404 e. The lowest BCUT2D eigenvalue weighted by Gasteiger charge is -2.21. The molecule has 0 aliphatic carbocycles. The minimum Gasteiger partial charge on any atom is -0.496 e. The van der Waals surface area contributed by atoms with Gasteiger partial charge in [-0.1, -0.05) is 0 Å². The molecule has 1 heterocycles. The number of ether oxygens (including phenoxy) is 3. The molecule has 0 fully saturated rings. The van der Waals surface area contributed by atoms with E-state index in [1.807, 2.05) is 0 Å². The Morgan fingerprint density at radius 2 is 2.26 bits per heavy atom. The molecule has 0 saturated carbocycles. The van der Waals surface area contributed by atoms with Crippen molar-refractivity contribution >= 4 is 6.09 Å². The van der Waals surface area contributed by atoms with Gasteiger partial charge in [0.2, 0.25) is 0 Å². The molecule has 0 spiro atoms. The molecule has 0 bridgehead atoms. The molecular formula is C12H14FNO5. The number of nitrogens with one attached hydrogen (secondary N) is 1. The predicted molar refractivity (Wildman–Crippen MR) is 63.7 cm³/mol. The SMILES string of the molecule is COc1cc2c(c(F)c1CCNC(=O)O)OCCO2. The minimum atomic E-state index is -1.16. The highest BCUT2D eigenvalue weighted by Gasteiger charge is 2.23. The van der Waals surface area contributed by atoms with Gasteiger partial charge in [0.25, 0.3) is 0 Å². The van der Waals surface area contributed by atoms with Gasteiger partial charge < -0.3 is 24.6 Å². The summed E-state index contributed by atoms with van der Waals surface area (Å²) < 4.78 is 29.9. The van der Waals surface area contributed by atoms with E-state index in [0.717, 1.165) is 0 Å². The van der Waals surface area contributed by atoms with E-state index >= 15 is 0 Å². The fourth-order valence-corrected chi connectivity index (χ4v) is 1.87. The van der Waals surface area contributed by atoms with Gasteiger partial charge in [0, 0.05) is 18.2 Å². The number of rotatable bonds is 4. The van der Waals surface area contributed by atoms with E-state index in [0.29, 0.717) is 18.1 Å². The van der Waals surface area contributed by atoms with Crippen LogP contribution in [0.5, 0.6) is 17.2 Å². The van der Waals surface area contributed by atoms with Crippen LogP contribution in [-0.4, -0.2) is 38.1 Å². The molecule has 0 atom stereocenters. The molecule has 19 heavy (non-hydrogen) atoms. The summed E-state index contributed by atoms with van der Waals surface area (Å²) in [6, 6.07) is 1.55. The summed E-state index contributed by atoms with van der Waals surface area (Å²) in [5, 5.41) is 10.7. The van der Waals surface area contributed by atoms with Gasteiger partial charge in [0.15, 0.2) is 17.3 Å². The first kappa shape index (κ1) is 13.3. The first-order valence-corrected chi connectivity index (χ1v) is 5.75. The molecule has 0 unspecified atom stereocenters. The summed E-state index contributed by atoms with van der Waals surface area (Å²) in [7, 11) is 1.42. The van der Waals surface area contributed by atoms with Crippen LogP contribution in [0.2, 0.25) is 0 Å². The Labute approximate surface area is 109 Å². The second kappa shape index (κ2) is 5.64. The second-order valence-corrected chi connectivity index (χ2v) is 3.88. The maximum atomic E-state index is 14.3. The zero-order valence-corrected chi connectivity index (χ0v) is 10.4. The van der Waals surface area contributed by atoms with Gasteiger partial charge in [-0.3, -0.25) is 0 Å². The summed E-state index contributed by atoms with van der Waals surface area (Å²) >= 11 is 0. The predicted octanol–water partition coefficient (Wildman–Crippen LogP) is 1.42. The second-order valence-electron chi connectivity index (χ2n) is 3.88. The van der Waals surface area contributed by atoms with E-state index in [2.05, 4.69) is 5.32 Å². The van der Waals surface area contributed by atoms with Gasteiger partial charge >= 0.3 is 6.09 Å². The average Bonchev–Trinajstić information content (AvgIpc) is 2.40. The summed E-state index contributed by atoms with van der Waals surface area (Å²) in [6.07, 6.45) is -0.991. The third-order valence-corrected chi connectivity index (χ3v) is 2.71. The Morgan fingerprint density at radius 1 is 1.53 bits per heavy atom. The molecule has 6 nitrogen and oxygen atoms in total. The lowest BCUT2D eigenvalue weighted by molar-refractivity contribution is 0.162. The first-order chi connectivity index (χ1) is 9.13. The number of halogens is 1. The molecular weight excluding hydrogens is 257 g/mol. The Hall–Kier alpha value is -2.18. The minimum absolute atomic E-state index is 0.0531. The quantitative estimate of drug-likeness (QED) is 0.866. The van der Waals surface area contributed by atoms with E-state index in [9.17, 15) is 9.18 Å². The maximum Gasteiger partial charge on any atom is 0.404 e.